The molecule has 0 saturated carbocycles. The van der Waals surface area contributed by atoms with Crippen molar-refractivity contribution >= 4 is 28.6 Å². The van der Waals surface area contributed by atoms with Gasteiger partial charge < -0.3 is 4.98 Å². The number of rotatable bonds is 3. The minimum atomic E-state index is -0.675. The summed E-state index contributed by atoms with van der Waals surface area (Å²) in [6.45, 7) is 0. The molecule has 1 heterocycles. The van der Waals surface area contributed by atoms with Crippen molar-refractivity contribution in [3.8, 4) is 0 Å². The summed E-state index contributed by atoms with van der Waals surface area (Å²) < 4.78 is 1.10. The maximum atomic E-state index is 12.7. The Bertz CT molecular complexity index is 1010. The highest BCUT2D eigenvalue weighted by atomic mass is 16.5. The molecule has 24 heavy (non-hydrogen) atoms. The van der Waals surface area contributed by atoms with Crippen molar-refractivity contribution in [2.45, 2.75) is 12.8 Å². The molecule has 1 aromatic heterocycles. The Kier molecular flexibility index (Phi) is 4.26. The number of aromatic amines is 1. The first-order valence-corrected chi connectivity index (χ1v) is 7.38. The number of carbonyl (C=O) groups is 1. The normalized spacial score (nSPS) is 14.1. The Hall–Kier alpha value is -3.19. The number of benzene rings is 1. The van der Waals surface area contributed by atoms with E-state index in [2.05, 4.69) is 4.98 Å². The van der Waals surface area contributed by atoms with Gasteiger partial charge in [0.05, 0.1) is 10.9 Å². The van der Waals surface area contributed by atoms with E-state index in [9.17, 15) is 14.4 Å². The first kappa shape index (κ1) is 15.7. The minimum Gasteiger partial charge on any atom is -0.306 e. The van der Waals surface area contributed by atoms with E-state index in [0.717, 1.165) is 23.5 Å². The molecule has 122 valence electrons. The molecule has 0 unspecified atom stereocenters. The summed E-state index contributed by atoms with van der Waals surface area (Å²) >= 11 is 0. The summed E-state index contributed by atoms with van der Waals surface area (Å²) in [6, 6.07) is 4.84. The van der Waals surface area contributed by atoms with Crippen molar-refractivity contribution < 1.29 is 10.0 Å². The van der Waals surface area contributed by atoms with Crippen LogP contribution >= 0.6 is 0 Å². The van der Waals surface area contributed by atoms with Crippen LogP contribution in [0.4, 0.5) is 0 Å². The lowest BCUT2D eigenvalue weighted by atomic mass is 10.1. The summed E-state index contributed by atoms with van der Waals surface area (Å²) in [5.41, 5.74) is 2.14. The van der Waals surface area contributed by atoms with Crippen LogP contribution in [0.25, 0.3) is 22.7 Å². The van der Waals surface area contributed by atoms with Crippen LogP contribution in [-0.2, 0) is 4.79 Å². The fraction of sp³-hybridized carbons (Fsp3) is 0.118. The Morgan fingerprint density at radius 1 is 1.29 bits per heavy atom. The molecular formula is C17H15N3O4. The third-order valence-corrected chi connectivity index (χ3v) is 3.69. The van der Waals surface area contributed by atoms with Gasteiger partial charge in [-0.25, -0.2) is 14.8 Å². The summed E-state index contributed by atoms with van der Waals surface area (Å²) in [7, 11) is 0. The Morgan fingerprint density at radius 3 is 2.83 bits per heavy atom. The van der Waals surface area contributed by atoms with Gasteiger partial charge in [-0.05, 0) is 42.7 Å². The Morgan fingerprint density at radius 2 is 2.12 bits per heavy atom. The third kappa shape index (κ3) is 2.97. The summed E-state index contributed by atoms with van der Waals surface area (Å²) in [5, 5.41) is 8.82. The summed E-state index contributed by atoms with van der Waals surface area (Å²) in [6.07, 6.45) is 9.76. The molecule has 3 N–H and O–H groups in total. The number of hydroxylamine groups is 1. The molecular weight excluding hydrogens is 310 g/mol. The molecule has 2 aromatic rings. The molecule has 0 radical (unpaired) electrons. The van der Waals surface area contributed by atoms with Gasteiger partial charge in [0, 0.05) is 11.8 Å². The van der Waals surface area contributed by atoms with E-state index in [4.69, 9.17) is 5.21 Å². The molecule has 0 saturated heterocycles. The number of hydrogen-bond donors (Lipinski definition) is 3. The zero-order valence-electron chi connectivity index (χ0n) is 12.7. The Labute approximate surface area is 136 Å². The molecule has 0 fully saturated rings. The topological polar surface area (TPSA) is 104 Å². The van der Waals surface area contributed by atoms with E-state index < -0.39 is 17.2 Å². The summed E-state index contributed by atoms with van der Waals surface area (Å²) in [5.74, 6) is -0.675. The molecule has 1 aromatic carbocycles. The Balaban J connectivity index is 2.15. The van der Waals surface area contributed by atoms with Crippen molar-refractivity contribution in [1.29, 1.82) is 0 Å². The standard InChI is InChI=1S/C17H15N3O4/c21-15(19-24)9-7-11-6-8-14-13(10-11)16(22)20(17(23)18-14)12-4-2-1-3-5-12/h2,4-10,24H,1,3H2,(H,18,23)(H,19,21)/b9-7+. The van der Waals surface area contributed by atoms with E-state index in [1.165, 1.54) is 11.6 Å². The van der Waals surface area contributed by atoms with Crippen molar-refractivity contribution in [2.75, 3.05) is 0 Å². The number of nitrogens with zero attached hydrogens (tertiary/aromatic N) is 1. The lowest BCUT2D eigenvalue weighted by molar-refractivity contribution is -0.124. The number of aromatic nitrogens is 2. The number of nitrogens with one attached hydrogen (secondary N) is 2. The van der Waals surface area contributed by atoms with Gasteiger partial charge in [-0.15, -0.1) is 0 Å². The predicted molar refractivity (Wildman–Crippen MR) is 90.4 cm³/mol. The van der Waals surface area contributed by atoms with Crippen molar-refractivity contribution in [3.63, 3.8) is 0 Å². The highest BCUT2D eigenvalue weighted by molar-refractivity contribution is 5.91. The van der Waals surface area contributed by atoms with E-state index in [-0.39, 0.29) is 0 Å². The highest BCUT2D eigenvalue weighted by Gasteiger charge is 2.11. The highest BCUT2D eigenvalue weighted by Crippen LogP contribution is 2.14. The van der Waals surface area contributed by atoms with Crippen LogP contribution < -0.4 is 16.7 Å². The van der Waals surface area contributed by atoms with Crippen LogP contribution in [0.15, 0.2) is 52.1 Å². The molecule has 0 aliphatic heterocycles. The van der Waals surface area contributed by atoms with E-state index in [1.807, 2.05) is 12.2 Å². The van der Waals surface area contributed by atoms with E-state index in [1.54, 1.807) is 24.3 Å². The average Bonchev–Trinajstić information content (AvgIpc) is 2.61. The zero-order chi connectivity index (χ0) is 17.1. The van der Waals surface area contributed by atoms with Crippen LogP contribution in [0.2, 0.25) is 0 Å². The minimum absolute atomic E-state index is 0.334. The number of allylic oxidation sites excluding steroid dienone is 4. The van der Waals surface area contributed by atoms with E-state index >= 15 is 0 Å². The first-order chi connectivity index (χ1) is 11.6. The number of fused-ring (bicyclic) bond motifs is 1. The number of amides is 1. The van der Waals surface area contributed by atoms with Crippen molar-refractivity contribution in [1.82, 2.24) is 15.0 Å². The van der Waals surface area contributed by atoms with Crippen LogP contribution in [0.5, 0.6) is 0 Å². The van der Waals surface area contributed by atoms with Gasteiger partial charge in [-0.2, -0.15) is 0 Å². The number of carbonyl (C=O) groups excluding carboxylic acids is 1. The fourth-order valence-corrected chi connectivity index (χ4v) is 2.54. The lowest BCUT2D eigenvalue weighted by Crippen LogP contribution is -2.34. The van der Waals surface area contributed by atoms with Crippen LogP contribution in [0, 0.1) is 0 Å². The van der Waals surface area contributed by atoms with Gasteiger partial charge in [0.15, 0.2) is 0 Å². The SMILES string of the molecule is O=C(/C=C/c1ccc2[nH]c(=O)n(C3=CCCC=C3)c(=O)c2c1)NO. The van der Waals surface area contributed by atoms with Gasteiger partial charge in [-0.1, -0.05) is 18.2 Å². The number of H-pyrrole nitrogens is 1. The average molecular weight is 325 g/mol. The molecule has 1 aliphatic rings. The van der Waals surface area contributed by atoms with Crippen molar-refractivity contribution in [2.24, 2.45) is 0 Å². The number of hydrogen-bond acceptors (Lipinski definition) is 4. The molecule has 7 nitrogen and oxygen atoms in total. The molecule has 0 atom stereocenters. The third-order valence-electron chi connectivity index (χ3n) is 3.69. The van der Waals surface area contributed by atoms with Gasteiger partial charge in [0.25, 0.3) is 11.5 Å². The molecule has 3 rings (SSSR count). The lowest BCUT2D eigenvalue weighted by Gasteiger charge is -2.10. The maximum Gasteiger partial charge on any atom is 0.333 e. The second-order valence-corrected chi connectivity index (χ2v) is 5.29. The first-order valence-electron chi connectivity index (χ1n) is 7.38. The largest absolute Gasteiger partial charge is 0.333 e. The van der Waals surface area contributed by atoms with Gasteiger partial charge >= 0.3 is 5.69 Å². The second kappa shape index (κ2) is 6.51. The zero-order valence-corrected chi connectivity index (χ0v) is 12.7. The second-order valence-electron chi connectivity index (χ2n) is 5.29. The summed E-state index contributed by atoms with van der Waals surface area (Å²) in [4.78, 5) is 38.7. The van der Waals surface area contributed by atoms with Crippen LogP contribution in [0.1, 0.15) is 18.4 Å². The monoisotopic (exact) mass is 325 g/mol. The quantitative estimate of drug-likeness (QED) is 0.451. The smallest absolute Gasteiger partial charge is 0.306 e. The van der Waals surface area contributed by atoms with Gasteiger partial charge in [0.2, 0.25) is 0 Å². The van der Waals surface area contributed by atoms with Crippen LogP contribution in [0.3, 0.4) is 0 Å². The molecule has 7 heteroatoms. The molecule has 0 spiro atoms. The predicted octanol–water partition coefficient (Wildman–Crippen LogP) is 1.40. The van der Waals surface area contributed by atoms with Gasteiger partial charge in [-0.3, -0.25) is 14.8 Å². The van der Waals surface area contributed by atoms with E-state index in [0.29, 0.717) is 22.2 Å². The molecule has 1 amide bonds. The molecule has 0 bridgehead atoms. The van der Waals surface area contributed by atoms with Crippen LogP contribution in [-0.4, -0.2) is 20.7 Å². The van der Waals surface area contributed by atoms with Gasteiger partial charge in [0.1, 0.15) is 0 Å². The van der Waals surface area contributed by atoms with Crippen molar-refractivity contribution in [3.05, 3.63) is 68.9 Å². The maximum absolute atomic E-state index is 12.7. The fourth-order valence-electron chi connectivity index (χ4n) is 2.54. The molecule has 1 aliphatic carbocycles.